The third-order valence-electron chi connectivity index (χ3n) is 3.82. The van der Waals surface area contributed by atoms with Crippen molar-refractivity contribution in [2.75, 3.05) is 40.3 Å². The number of methoxy groups -OCH3 is 3. The van der Waals surface area contributed by atoms with Crippen molar-refractivity contribution in [1.82, 2.24) is 0 Å². The zero-order chi connectivity index (χ0) is 18.4. The summed E-state index contributed by atoms with van der Waals surface area (Å²) in [4.78, 5) is 14.4. The van der Waals surface area contributed by atoms with E-state index in [1.165, 1.54) is 6.08 Å². The molecule has 5 nitrogen and oxygen atoms in total. The van der Waals surface area contributed by atoms with Gasteiger partial charge in [0, 0.05) is 37.0 Å². The van der Waals surface area contributed by atoms with Crippen LogP contribution in [0.1, 0.15) is 15.9 Å². The maximum Gasteiger partial charge on any atom is 0.185 e. The molecule has 0 saturated carbocycles. The Morgan fingerprint density at radius 1 is 0.880 bits per heavy atom. The number of rotatable bonds is 7. The second kappa shape index (κ2) is 8.24. The van der Waals surface area contributed by atoms with Crippen molar-refractivity contribution >= 4 is 17.5 Å². The molecule has 132 valence electrons. The lowest BCUT2D eigenvalue weighted by Gasteiger charge is -2.12. The van der Waals surface area contributed by atoms with E-state index in [-0.39, 0.29) is 5.78 Å². The van der Waals surface area contributed by atoms with Crippen LogP contribution in [0.15, 0.2) is 42.5 Å². The lowest BCUT2D eigenvalue weighted by Crippen LogP contribution is -2.08. The molecule has 0 aliphatic heterocycles. The highest BCUT2D eigenvalue weighted by Gasteiger charge is 2.10. The second-order valence-corrected chi connectivity index (χ2v) is 5.59. The zero-order valence-electron chi connectivity index (χ0n) is 15.2. The first kappa shape index (κ1) is 18.4. The summed E-state index contributed by atoms with van der Waals surface area (Å²) in [5.74, 6) is 1.67. The maximum atomic E-state index is 12.4. The predicted octanol–water partition coefficient (Wildman–Crippen LogP) is 3.67. The molecule has 0 unspecified atom stereocenters. The Morgan fingerprint density at radius 3 is 1.96 bits per heavy atom. The van der Waals surface area contributed by atoms with Crippen molar-refractivity contribution < 1.29 is 19.0 Å². The van der Waals surface area contributed by atoms with Crippen LogP contribution in [0.3, 0.4) is 0 Å². The Bertz CT molecular complexity index is 764. The van der Waals surface area contributed by atoms with Crippen LogP contribution in [0.2, 0.25) is 0 Å². The Morgan fingerprint density at radius 2 is 1.44 bits per heavy atom. The average molecular weight is 341 g/mol. The summed E-state index contributed by atoms with van der Waals surface area (Å²) in [7, 11) is 8.61. The molecule has 25 heavy (non-hydrogen) atoms. The molecule has 2 rings (SSSR count). The van der Waals surface area contributed by atoms with Gasteiger partial charge in [0.05, 0.1) is 21.3 Å². The van der Waals surface area contributed by atoms with E-state index in [2.05, 4.69) is 0 Å². The van der Waals surface area contributed by atoms with E-state index in [0.29, 0.717) is 22.8 Å². The van der Waals surface area contributed by atoms with E-state index >= 15 is 0 Å². The van der Waals surface area contributed by atoms with Crippen molar-refractivity contribution in [2.24, 2.45) is 0 Å². The lowest BCUT2D eigenvalue weighted by atomic mass is 10.1. The molecule has 0 atom stereocenters. The molecule has 0 fully saturated rings. The lowest BCUT2D eigenvalue weighted by molar-refractivity contribution is 0.104. The third kappa shape index (κ3) is 4.32. The zero-order valence-corrected chi connectivity index (χ0v) is 15.2. The molecule has 0 bridgehead atoms. The van der Waals surface area contributed by atoms with Crippen LogP contribution < -0.4 is 19.1 Å². The van der Waals surface area contributed by atoms with Gasteiger partial charge in [-0.25, -0.2) is 0 Å². The largest absolute Gasteiger partial charge is 0.496 e. The Balaban J connectivity index is 2.26. The van der Waals surface area contributed by atoms with Gasteiger partial charge in [-0.05, 0) is 42.5 Å². The van der Waals surface area contributed by atoms with Gasteiger partial charge in [0.1, 0.15) is 5.75 Å². The van der Waals surface area contributed by atoms with Gasteiger partial charge in [-0.1, -0.05) is 0 Å². The fraction of sp³-hybridized carbons (Fsp3) is 0.250. The maximum absolute atomic E-state index is 12.4. The van der Waals surface area contributed by atoms with Crippen LogP contribution in [0, 0.1) is 0 Å². The molecule has 0 aliphatic carbocycles. The van der Waals surface area contributed by atoms with Crippen molar-refractivity contribution in [2.45, 2.75) is 0 Å². The first-order valence-electron chi connectivity index (χ1n) is 7.80. The van der Waals surface area contributed by atoms with Crippen LogP contribution in [0.25, 0.3) is 6.08 Å². The minimum atomic E-state index is -0.0813. The molecule has 2 aromatic rings. The monoisotopic (exact) mass is 341 g/mol. The molecular formula is C20H23NO4. The molecule has 0 aromatic heterocycles. The summed E-state index contributed by atoms with van der Waals surface area (Å²) >= 11 is 0. The van der Waals surface area contributed by atoms with Crippen molar-refractivity contribution in [1.29, 1.82) is 0 Å². The summed E-state index contributed by atoms with van der Waals surface area (Å²) < 4.78 is 15.9. The normalized spacial score (nSPS) is 10.6. The molecule has 0 amide bonds. The fourth-order valence-electron chi connectivity index (χ4n) is 2.37. The highest BCUT2D eigenvalue weighted by atomic mass is 16.5. The average Bonchev–Trinajstić information content (AvgIpc) is 2.65. The van der Waals surface area contributed by atoms with Gasteiger partial charge >= 0.3 is 0 Å². The summed E-state index contributed by atoms with van der Waals surface area (Å²) in [5, 5.41) is 0. The first-order valence-corrected chi connectivity index (χ1v) is 7.80. The number of benzene rings is 2. The van der Waals surface area contributed by atoms with E-state index in [9.17, 15) is 4.79 Å². The molecule has 0 N–H and O–H groups in total. The summed E-state index contributed by atoms with van der Waals surface area (Å²) in [6.45, 7) is 0. The second-order valence-electron chi connectivity index (χ2n) is 5.59. The molecule has 0 heterocycles. The quantitative estimate of drug-likeness (QED) is 0.568. The van der Waals surface area contributed by atoms with Gasteiger partial charge < -0.3 is 19.1 Å². The van der Waals surface area contributed by atoms with E-state index in [1.54, 1.807) is 39.5 Å². The van der Waals surface area contributed by atoms with Crippen LogP contribution in [0.4, 0.5) is 5.69 Å². The Kier molecular flexibility index (Phi) is 6.06. The van der Waals surface area contributed by atoms with Crippen molar-refractivity contribution in [3.8, 4) is 17.2 Å². The SMILES string of the molecule is COc1cc(OC)c(OC)cc1/C=C/C(=O)c1ccc(N(C)C)cc1. The minimum Gasteiger partial charge on any atom is -0.496 e. The van der Waals surface area contributed by atoms with Crippen molar-refractivity contribution in [3.63, 3.8) is 0 Å². The Labute approximate surface area is 148 Å². The van der Waals surface area contributed by atoms with Crippen LogP contribution in [0.5, 0.6) is 17.2 Å². The van der Waals surface area contributed by atoms with Crippen LogP contribution >= 0.6 is 0 Å². The fourth-order valence-corrected chi connectivity index (χ4v) is 2.37. The molecule has 0 spiro atoms. The number of nitrogens with zero attached hydrogens (tertiary/aromatic N) is 1. The number of carbonyl (C=O) groups excluding carboxylic acids is 1. The third-order valence-corrected chi connectivity index (χ3v) is 3.82. The standard InChI is InChI=1S/C20H23NO4/c1-21(2)16-9-6-14(7-10-16)17(22)11-8-15-12-19(24-4)20(25-5)13-18(15)23-3/h6-13H,1-5H3/b11-8+. The van der Waals surface area contributed by atoms with Gasteiger partial charge in [0.25, 0.3) is 0 Å². The molecule has 0 saturated heterocycles. The highest BCUT2D eigenvalue weighted by Crippen LogP contribution is 2.35. The van der Waals surface area contributed by atoms with Gasteiger partial charge in [-0.2, -0.15) is 0 Å². The number of allylic oxidation sites excluding steroid dienone is 1. The van der Waals surface area contributed by atoms with E-state index < -0.39 is 0 Å². The van der Waals surface area contributed by atoms with Crippen molar-refractivity contribution in [3.05, 3.63) is 53.6 Å². The summed E-state index contributed by atoms with van der Waals surface area (Å²) in [5.41, 5.74) is 2.40. The number of ether oxygens (including phenoxy) is 3. The van der Waals surface area contributed by atoms with Crippen LogP contribution in [-0.2, 0) is 0 Å². The molecule has 5 heteroatoms. The number of carbonyl (C=O) groups is 1. The van der Waals surface area contributed by atoms with E-state index in [0.717, 1.165) is 11.3 Å². The molecule has 2 aromatic carbocycles. The number of hydrogen-bond acceptors (Lipinski definition) is 5. The van der Waals surface area contributed by atoms with Gasteiger partial charge in [0.2, 0.25) is 0 Å². The Hall–Kier alpha value is -2.95. The predicted molar refractivity (Wildman–Crippen MR) is 100 cm³/mol. The smallest absolute Gasteiger partial charge is 0.185 e. The molecular weight excluding hydrogens is 318 g/mol. The molecule has 0 radical (unpaired) electrons. The number of ketones is 1. The van der Waals surface area contributed by atoms with E-state index in [4.69, 9.17) is 14.2 Å². The summed E-state index contributed by atoms with van der Waals surface area (Å²) in [6, 6.07) is 11.0. The number of hydrogen-bond donors (Lipinski definition) is 0. The van der Waals surface area contributed by atoms with Gasteiger partial charge in [-0.15, -0.1) is 0 Å². The highest BCUT2D eigenvalue weighted by molar-refractivity contribution is 6.07. The first-order chi connectivity index (χ1) is 12.0. The minimum absolute atomic E-state index is 0.0813. The molecule has 0 aliphatic rings. The van der Waals surface area contributed by atoms with E-state index in [1.807, 2.05) is 43.3 Å². The number of anilines is 1. The summed E-state index contributed by atoms with van der Waals surface area (Å²) in [6.07, 6.45) is 3.23. The topological polar surface area (TPSA) is 48.0 Å². The van der Waals surface area contributed by atoms with Gasteiger partial charge in [0.15, 0.2) is 17.3 Å². The van der Waals surface area contributed by atoms with Gasteiger partial charge in [-0.3, -0.25) is 4.79 Å². The van der Waals surface area contributed by atoms with Crippen LogP contribution in [-0.4, -0.2) is 41.2 Å².